The van der Waals surface area contributed by atoms with E-state index in [1.165, 1.54) is 18.2 Å². The molecule has 3 aromatic rings. The minimum atomic E-state index is -3.87. The summed E-state index contributed by atoms with van der Waals surface area (Å²) in [6.45, 7) is 0.383. The second-order valence-corrected chi connectivity index (χ2v) is 8.76. The fraction of sp³-hybridized carbons (Fsp3) is 0.0455. The number of benzene rings is 3. The summed E-state index contributed by atoms with van der Waals surface area (Å²) in [5.41, 5.74) is 1.58. The minimum absolute atomic E-state index is 0.0884. The summed E-state index contributed by atoms with van der Waals surface area (Å²) in [6.07, 6.45) is 1.36. The molecule has 0 fully saturated rings. The van der Waals surface area contributed by atoms with Crippen LogP contribution in [0, 0.1) is 11.3 Å². The predicted octanol–water partition coefficient (Wildman–Crippen LogP) is 5.37. The fourth-order valence-corrected chi connectivity index (χ4v) is 3.93. The normalized spacial score (nSPS) is 11.6. The zero-order valence-corrected chi connectivity index (χ0v) is 17.2. The molecule has 0 aliphatic rings. The third-order valence-electron chi connectivity index (χ3n) is 3.93. The summed E-state index contributed by atoms with van der Waals surface area (Å²) in [5, 5.41) is 9.40. The van der Waals surface area contributed by atoms with Crippen LogP contribution in [0.25, 0.3) is 6.08 Å². The predicted molar refractivity (Wildman–Crippen MR) is 112 cm³/mol. The number of hydrogen-bond acceptors (Lipinski definition) is 4. The Balaban J connectivity index is 1.82. The van der Waals surface area contributed by atoms with Crippen molar-refractivity contribution < 1.29 is 13.2 Å². The van der Waals surface area contributed by atoms with Crippen LogP contribution in [-0.4, -0.2) is 8.42 Å². The Morgan fingerprint density at radius 1 is 1.00 bits per heavy atom. The maximum Gasteiger partial charge on any atom is 0.216 e. The Labute approximate surface area is 172 Å². The first kappa shape index (κ1) is 19.9. The van der Waals surface area contributed by atoms with Gasteiger partial charge in [-0.1, -0.05) is 58.4 Å². The summed E-state index contributed by atoms with van der Waals surface area (Å²) in [5.74, 6) is 0.589. The quantitative estimate of drug-likeness (QED) is 0.470. The van der Waals surface area contributed by atoms with Gasteiger partial charge >= 0.3 is 0 Å². The number of rotatable bonds is 6. The minimum Gasteiger partial charge on any atom is -0.489 e. The van der Waals surface area contributed by atoms with Crippen LogP contribution >= 0.6 is 15.9 Å². The van der Waals surface area contributed by atoms with Gasteiger partial charge in [0, 0.05) is 4.47 Å². The average molecular weight is 454 g/mol. The summed E-state index contributed by atoms with van der Waals surface area (Å²) in [7, 11) is -3.87. The van der Waals surface area contributed by atoms with Crippen molar-refractivity contribution in [1.29, 1.82) is 5.26 Å². The van der Waals surface area contributed by atoms with Crippen molar-refractivity contribution in [3.05, 3.63) is 99.4 Å². The smallest absolute Gasteiger partial charge is 0.216 e. The van der Waals surface area contributed by atoms with Crippen LogP contribution in [0.5, 0.6) is 5.75 Å². The van der Waals surface area contributed by atoms with Crippen molar-refractivity contribution in [3.8, 4) is 11.8 Å². The largest absolute Gasteiger partial charge is 0.489 e. The number of ether oxygens (including phenoxy) is 1. The Morgan fingerprint density at radius 2 is 1.71 bits per heavy atom. The van der Waals surface area contributed by atoms with E-state index in [4.69, 9.17) is 4.74 Å². The first-order chi connectivity index (χ1) is 13.5. The summed E-state index contributed by atoms with van der Waals surface area (Å²) >= 11 is 3.39. The number of nitrogens with zero attached hydrogens (tertiary/aromatic N) is 1. The Kier molecular flexibility index (Phi) is 6.30. The molecule has 4 nitrogen and oxygen atoms in total. The van der Waals surface area contributed by atoms with E-state index in [0.717, 1.165) is 10.0 Å². The molecule has 0 aliphatic carbocycles. The van der Waals surface area contributed by atoms with Crippen molar-refractivity contribution in [1.82, 2.24) is 0 Å². The lowest BCUT2D eigenvalue weighted by atomic mass is 10.2. The molecule has 140 valence electrons. The first-order valence-electron chi connectivity index (χ1n) is 8.38. The molecule has 0 amide bonds. The van der Waals surface area contributed by atoms with E-state index in [1.807, 2.05) is 24.3 Å². The van der Waals surface area contributed by atoms with Gasteiger partial charge < -0.3 is 4.74 Å². The van der Waals surface area contributed by atoms with E-state index in [1.54, 1.807) is 48.5 Å². The van der Waals surface area contributed by atoms with Crippen LogP contribution in [0.3, 0.4) is 0 Å². The maximum absolute atomic E-state index is 12.7. The number of allylic oxidation sites excluding steroid dienone is 1. The van der Waals surface area contributed by atoms with E-state index in [0.29, 0.717) is 17.9 Å². The van der Waals surface area contributed by atoms with E-state index in [9.17, 15) is 13.7 Å². The molecular formula is C22H16BrNO3S. The number of halogens is 1. The van der Waals surface area contributed by atoms with Crippen LogP contribution < -0.4 is 4.74 Å². The third-order valence-corrected chi connectivity index (χ3v) is 6.14. The van der Waals surface area contributed by atoms with Gasteiger partial charge in [-0.05, 0) is 53.6 Å². The molecule has 0 unspecified atom stereocenters. The number of sulfone groups is 1. The van der Waals surface area contributed by atoms with Gasteiger partial charge in [0.1, 0.15) is 23.3 Å². The highest BCUT2D eigenvalue weighted by Crippen LogP contribution is 2.23. The number of hydrogen-bond donors (Lipinski definition) is 0. The second kappa shape index (κ2) is 8.87. The lowest BCUT2D eigenvalue weighted by Gasteiger charge is -2.08. The van der Waals surface area contributed by atoms with Crippen molar-refractivity contribution in [3.63, 3.8) is 0 Å². The lowest BCUT2D eigenvalue weighted by molar-refractivity contribution is 0.306. The molecule has 3 rings (SSSR count). The van der Waals surface area contributed by atoms with Crippen molar-refractivity contribution in [2.24, 2.45) is 0 Å². The molecule has 0 bridgehead atoms. The Bertz CT molecular complexity index is 1130. The van der Waals surface area contributed by atoms with Gasteiger partial charge in [0.15, 0.2) is 0 Å². The zero-order valence-electron chi connectivity index (χ0n) is 14.7. The lowest BCUT2D eigenvalue weighted by Crippen LogP contribution is -2.03. The average Bonchev–Trinajstić information content (AvgIpc) is 2.72. The van der Waals surface area contributed by atoms with E-state index in [-0.39, 0.29) is 9.80 Å². The van der Waals surface area contributed by atoms with Gasteiger partial charge in [-0.15, -0.1) is 0 Å². The zero-order chi connectivity index (χ0) is 20.0. The molecule has 0 N–H and O–H groups in total. The van der Waals surface area contributed by atoms with Gasteiger partial charge in [0.25, 0.3) is 0 Å². The maximum atomic E-state index is 12.7. The van der Waals surface area contributed by atoms with E-state index < -0.39 is 9.84 Å². The standard InChI is InChI=1S/C22H16BrNO3S/c23-19-11-9-17(10-12-19)16-27-20-6-4-5-18(13-20)14-22(15-24)28(25,26)21-7-2-1-3-8-21/h1-14H,16H2. The highest BCUT2D eigenvalue weighted by Gasteiger charge is 2.20. The van der Waals surface area contributed by atoms with Gasteiger partial charge in [-0.3, -0.25) is 0 Å². The van der Waals surface area contributed by atoms with Gasteiger partial charge in [-0.25, -0.2) is 8.42 Å². The molecule has 28 heavy (non-hydrogen) atoms. The van der Waals surface area contributed by atoms with Crippen LogP contribution in [-0.2, 0) is 16.4 Å². The Hall–Kier alpha value is -2.88. The molecule has 0 heterocycles. The SMILES string of the molecule is N#CC(=Cc1cccc(OCc2ccc(Br)cc2)c1)S(=O)(=O)c1ccccc1. The molecule has 0 aromatic heterocycles. The Morgan fingerprint density at radius 3 is 2.39 bits per heavy atom. The molecule has 0 saturated heterocycles. The highest BCUT2D eigenvalue weighted by molar-refractivity contribution is 9.10. The molecule has 0 radical (unpaired) electrons. The van der Waals surface area contributed by atoms with Gasteiger partial charge in [0.2, 0.25) is 9.84 Å². The molecular weight excluding hydrogens is 438 g/mol. The highest BCUT2D eigenvalue weighted by atomic mass is 79.9. The summed E-state index contributed by atoms with van der Waals surface area (Å²) in [4.78, 5) is -0.228. The van der Waals surface area contributed by atoms with Crippen LogP contribution in [0.15, 0.2) is 93.1 Å². The molecule has 6 heteroatoms. The monoisotopic (exact) mass is 453 g/mol. The van der Waals surface area contributed by atoms with Crippen molar-refractivity contribution in [2.45, 2.75) is 11.5 Å². The summed E-state index contributed by atoms with van der Waals surface area (Å²) < 4.78 is 32.1. The van der Waals surface area contributed by atoms with Gasteiger partial charge in [0.05, 0.1) is 4.90 Å². The van der Waals surface area contributed by atoms with Crippen LogP contribution in [0.4, 0.5) is 0 Å². The van der Waals surface area contributed by atoms with Crippen molar-refractivity contribution in [2.75, 3.05) is 0 Å². The molecule has 0 saturated carbocycles. The van der Waals surface area contributed by atoms with E-state index >= 15 is 0 Å². The first-order valence-corrected chi connectivity index (χ1v) is 10.7. The summed E-state index contributed by atoms with van der Waals surface area (Å²) in [6, 6.07) is 24.5. The second-order valence-electron chi connectivity index (χ2n) is 5.92. The molecule has 3 aromatic carbocycles. The third kappa shape index (κ3) is 4.89. The molecule has 0 spiro atoms. The topological polar surface area (TPSA) is 67.2 Å². The molecule has 0 atom stereocenters. The van der Waals surface area contributed by atoms with Crippen molar-refractivity contribution >= 4 is 31.8 Å². The van der Waals surface area contributed by atoms with Gasteiger partial charge in [-0.2, -0.15) is 5.26 Å². The van der Waals surface area contributed by atoms with E-state index in [2.05, 4.69) is 15.9 Å². The molecule has 0 aliphatic heterocycles. The fourth-order valence-electron chi connectivity index (χ4n) is 2.49. The van der Waals surface area contributed by atoms with Crippen LogP contribution in [0.2, 0.25) is 0 Å². The number of nitriles is 1. The van der Waals surface area contributed by atoms with Crippen LogP contribution in [0.1, 0.15) is 11.1 Å².